The summed E-state index contributed by atoms with van der Waals surface area (Å²) in [5, 5.41) is 11.1. The maximum absolute atomic E-state index is 13.5. The third kappa shape index (κ3) is 9.09. The molecule has 0 fully saturated rings. The number of nitrogens with zero attached hydrogens (tertiary/aromatic N) is 5. The fraction of sp³-hybridized carbons (Fsp3) is 0.412. The van der Waals surface area contributed by atoms with Gasteiger partial charge in [-0.2, -0.15) is 0 Å². The topological polar surface area (TPSA) is 172 Å². The lowest BCUT2D eigenvalue weighted by molar-refractivity contribution is -0.131. The zero-order chi connectivity index (χ0) is 34.0. The summed E-state index contributed by atoms with van der Waals surface area (Å²) in [7, 11) is 0. The van der Waals surface area contributed by atoms with E-state index in [0.717, 1.165) is 5.56 Å². The van der Waals surface area contributed by atoms with Gasteiger partial charge in [0.05, 0.1) is 11.7 Å². The Bertz CT molecular complexity index is 1710. The van der Waals surface area contributed by atoms with Gasteiger partial charge in [-0.05, 0) is 31.2 Å². The number of hydrogen-bond donors (Lipinski definition) is 3. The molecule has 3 N–H and O–H groups in total. The Balaban J connectivity index is 1.40. The molecular weight excluding hydrogens is 632 g/mol. The van der Waals surface area contributed by atoms with E-state index in [9.17, 15) is 19.2 Å². The highest BCUT2D eigenvalue weighted by Crippen LogP contribution is 2.27. The highest BCUT2D eigenvalue weighted by atomic mass is 32.1. The van der Waals surface area contributed by atoms with Gasteiger partial charge in [0.25, 0.3) is 11.8 Å². The monoisotopic (exact) mass is 672 g/mol. The largest absolute Gasteiger partial charge is 0.443 e. The number of carbonyl (C=O) groups excluding carboxylic acids is 4. The zero-order valence-electron chi connectivity index (χ0n) is 27.3. The molecule has 4 aromatic rings. The molecule has 4 heterocycles. The molecular formula is C34H40N8O5S. The summed E-state index contributed by atoms with van der Waals surface area (Å²) in [4.78, 5) is 72.2. The van der Waals surface area contributed by atoms with Crippen LogP contribution in [0, 0.1) is 12.8 Å². The van der Waals surface area contributed by atoms with Crippen LogP contribution in [0.2, 0.25) is 0 Å². The number of oxazole rings is 1. The average molecular weight is 673 g/mol. The summed E-state index contributed by atoms with van der Waals surface area (Å²) in [5.74, 6) is -0.691. The van der Waals surface area contributed by atoms with E-state index in [2.05, 4.69) is 35.9 Å². The summed E-state index contributed by atoms with van der Waals surface area (Å²) in [6.07, 6.45) is 6.34. The second-order valence-electron chi connectivity index (χ2n) is 12.0. The van der Waals surface area contributed by atoms with Crippen LogP contribution in [-0.2, 0) is 22.4 Å². The van der Waals surface area contributed by atoms with Crippen molar-refractivity contribution in [2.24, 2.45) is 5.92 Å². The minimum Gasteiger partial charge on any atom is -0.443 e. The Labute approximate surface area is 283 Å². The number of aromatic nitrogens is 4. The SMILES string of the molecule is Cc1oc2nc1C(=O)N[C@@H](C(C)C)c1nc(cs1)C(=O)NCCN(C(=O)CCc1cnccn1)CCCC(=O)N[C@H]2Cc1ccccc1. The number of aryl methyl sites for hydroxylation is 2. The minimum atomic E-state index is -0.631. The predicted octanol–water partition coefficient (Wildman–Crippen LogP) is 3.74. The van der Waals surface area contributed by atoms with E-state index in [1.54, 1.807) is 35.8 Å². The number of rotatable bonds is 6. The Morgan fingerprint density at radius 2 is 1.88 bits per heavy atom. The molecule has 4 amide bonds. The van der Waals surface area contributed by atoms with Crippen molar-refractivity contribution in [2.75, 3.05) is 19.6 Å². The normalized spacial score (nSPS) is 18.2. The van der Waals surface area contributed by atoms with Gasteiger partial charge in [0.15, 0.2) is 5.69 Å². The molecule has 2 atom stereocenters. The summed E-state index contributed by atoms with van der Waals surface area (Å²) >= 11 is 1.28. The van der Waals surface area contributed by atoms with Gasteiger partial charge < -0.3 is 25.3 Å². The molecule has 0 saturated heterocycles. The first-order chi connectivity index (χ1) is 23.2. The first-order valence-corrected chi connectivity index (χ1v) is 16.9. The Kier molecular flexibility index (Phi) is 11.6. The molecule has 14 heteroatoms. The number of benzene rings is 1. The fourth-order valence-electron chi connectivity index (χ4n) is 5.39. The van der Waals surface area contributed by atoms with Crippen LogP contribution < -0.4 is 16.0 Å². The van der Waals surface area contributed by atoms with Crippen molar-refractivity contribution in [3.8, 4) is 0 Å². The zero-order valence-corrected chi connectivity index (χ0v) is 28.1. The molecule has 0 unspecified atom stereocenters. The summed E-state index contributed by atoms with van der Waals surface area (Å²) in [5.41, 5.74) is 2.00. The maximum Gasteiger partial charge on any atom is 0.274 e. The molecule has 13 nitrogen and oxygen atoms in total. The second-order valence-corrected chi connectivity index (χ2v) is 12.9. The van der Waals surface area contributed by atoms with Crippen molar-refractivity contribution in [2.45, 2.75) is 65.0 Å². The molecule has 0 radical (unpaired) electrons. The van der Waals surface area contributed by atoms with Crippen LogP contribution in [0.1, 0.15) is 94.1 Å². The number of thiazole rings is 1. The van der Waals surface area contributed by atoms with Crippen LogP contribution in [0.25, 0.3) is 0 Å². The molecule has 1 aromatic carbocycles. The molecule has 4 bridgehead atoms. The molecule has 48 heavy (non-hydrogen) atoms. The van der Waals surface area contributed by atoms with Crippen LogP contribution >= 0.6 is 11.3 Å². The molecule has 0 spiro atoms. The number of amides is 4. The van der Waals surface area contributed by atoms with Crippen molar-refractivity contribution in [1.82, 2.24) is 40.8 Å². The van der Waals surface area contributed by atoms with E-state index < -0.39 is 18.0 Å². The van der Waals surface area contributed by atoms with Crippen LogP contribution in [0.3, 0.4) is 0 Å². The lowest BCUT2D eigenvalue weighted by atomic mass is 10.0. The van der Waals surface area contributed by atoms with Gasteiger partial charge in [0, 0.05) is 62.9 Å². The molecule has 1 aliphatic heterocycles. The summed E-state index contributed by atoms with van der Waals surface area (Å²) in [6.45, 7) is 6.33. The smallest absolute Gasteiger partial charge is 0.274 e. The van der Waals surface area contributed by atoms with Gasteiger partial charge in [0.2, 0.25) is 17.7 Å². The molecule has 0 aliphatic carbocycles. The molecule has 1 aliphatic rings. The average Bonchev–Trinajstić information content (AvgIpc) is 3.73. The maximum atomic E-state index is 13.5. The van der Waals surface area contributed by atoms with E-state index in [1.807, 2.05) is 44.2 Å². The number of hydrogen-bond acceptors (Lipinski definition) is 10. The third-order valence-electron chi connectivity index (χ3n) is 7.98. The predicted molar refractivity (Wildman–Crippen MR) is 178 cm³/mol. The quantitative estimate of drug-likeness (QED) is 0.276. The fourth-order valence-corrected chi connectivity index (χ4v) is 6.41. The Morgan fingerprint density at radius 3 is 2.62 bits per heavy atom. The van der Waals surface area contributed by atoms with Crippen molar-refractivity contribution in [3.63, 3.8) is 0 Å². The molecule has 3 aromatic heterocycles. The van der Waals surface area contributed by atoms with Gasteiger partial charge in [-0.15, -0.1) is 11.3 Å². The minimum absolute atomic E-state index is 0.0490. The van der Waals surface area contributed by atoms with Crippen LogP contribution in [0.4, 0.5) is 0 Å². The standard InChI is InChI=1S/C34H40N8O5S/c1-21(2)29-34-39-26(20-48-34)31(45)37-15-17-42(28(44)12-11-24-19-35-13-14-36-24)16-7-10-27(43)38-25(18-23-8-5-4-6-9-23)33-41-30(22(3)47-33)32(46)40-29/h4-6,8-9,13-14,19-21,25,29H,7,10-12,15-18H2,1-3H3,(H,37,45)(H,38,43)(H,40,46)/t25-,29-/m0/s1. The van der Waals surface area contributed by atoms with E-state index >= 15 is 0 Å². The van der Waals surface area contributed by atoms with Gasteiger partial charge in [-0.25, -0.2) is 9.97 Å². The Hall–Kier alpha value is -4.98. The van der Waals surface area contributed by atoms with Gasteiger partial charge in [0.1, 0.15) is 22.5 Å². The van der Waals surface area contributed by atoms with Gasteiger partial charge in [-0.1, -0.05) is 44.2 Å². The lowest BCUT2D eigenvalue weighted by Crippen LogP contribution is -2.40. The van der Waals surface area contributed by atoms with E-state index in [-0.39, 0.29) is 66.8 Å². The number of carbonyl (C=O) groups is 4. The van der Waals surface area contributed by atoms with Crippen molar-refractivity contribution in [1.29, 1.82) is 0 Å². The van der Waals surface area contributed by atoms with Crippen molar-refractivity contribution >= 4 is 35.0 Å². The van der Waals surface area contributed by atoms with Crippen LogP contribution in [-0.4, -0.2) is 68.1 Å². The highest BCUT2D eigenvalue weighted by Gasteiger charge is 2.29. The molecule has 252 valence electrons. The van der Waals surface area contributed by atoms with Crippen molar-refractivity contribution in [3.05, 3.63) is 93.6 Å². The van der Waals surface area contributed by atoms with E-state index in [1.165, 1.54) is 11.3 Å². The Morgan fingerprint density at radius 1 is 1.06 bits per heavy atom. The van der Waals surface area contributed by atoms with Crippen LogP contribution in [0.15, 0.2) is 58.7 Å². The molecule has 0 saturated carbocycles. The van der Waals surface area contributed by atoms with E-state index in [0.29, 0.717) is 42.3 Å². The third-order valence-corrected chi connectivity index (χ3v) is 8.91. The van der Waals surface area contributed by atoms with Crippen molar-refractivity contribution < 1.29 is 23.6 Å². The van der Waals surface area contributed by atoms with Gasteiger partial charge in [-0.3, -0.25) is 29.1 Å². The first kappa shape index (κ1) is 34.4. The first-order valence-electron chi connectivity index (χ1n) is 16.1. The lowest BCUT2D eigenvalue weighted by Gasteiger charge is -2.23. The van der Waals surface area contributed by atoms with E-state index in [4.69, 9.17) is 4.42 Å². The summed E-state index contributed by atoms with van der Waals surface area (Å²) in [6, 6.07) is 8.52. The number of nitrogens with one attached hydrogen (secondary N) is 3. The summed E-state index contributed by atoms with van der Waals surface area (Å²) < 4.78 is 6.00. The number of fused-ring (bicyclic) bond motifs is 4. The second kappa shape index (κ2) is 16.2. The van der Waals surface area contributed by atoms with Gasteiger partial charge >= 0.3 is 0 Å². The molecule has 5 rings (SSSR count). The highest BCUT2D eigenvalue weighted by molar-refractivity contribution is 7.09. The van der Waals surface area contributed by atoms with Crippen LogP contribution in [0.5, 0.6) is 0 Å².